The maximum absolute atomic E-state index is 4.10. The van der Waals surface area contributed by atoms with Gasteiger partial charge in [0, 0.05) is 0 Å². The molecule has 0 bridgehead atoms. The topological polar surface area (TPSA) is 24.7 Å². The lowest BCUT2D eigenvalue weighted by Gasteiger charge is -2.08. The average molecular weight is 219 g/mol. The molecular formula is C8H15BrN2. The van der Waals surface area contributed by atoms with Crippen molar-refractivity contribution in [1.82, 2.24) is 0 Å². The van der Waals surface area contributed by atoms with Crippen molar-refractivity contribution in [3.05, 3.63) is 11.1 Å². The molecule has 2 nitrogen and oxygen atoms in total. The second kappa shape index (κ2) is 5.47. The van der Waals surface area contributed by atoms with E-state index in [1.54, 1.807) is 0 Å². The summed E-state index contributed by atoms with van der Waals surface area (Å²) in [6.45, 7) is 6.89. The molecule has 0 rings (SSSR count). The van der Waals surface area contributed by atoms with E-state index >= 15 is 0 Å². The van der Waals surface area contributed by atoms with Crippen LogP contribution in [0.2, 0.25) is 0 Å². The first kappa shape index (κ1) is 10.8. The maximum Gasteiger partial charge on any atom is 0.0732 e. The van der Waals surface area contributed by atoms with Gasteiger partial charge in [0.15, 0.2) is 0 Å². The second-order valence-corrected chi connectivity index (χ2v) is 3.81. The molecule has 0 spiro atoms. The van der Waals surface area contributed by atoms with Gasteiger partial charge < -0.3 is 0 Å². The highest BCUT2D eigenvalue weighted by Gasteiger charge is 2.05. The average Bonchev–Trinajstić information content (AvgIpc) is 1.85. The standard InChI is InChI=1S/C8H15BrN2/c1-8(2,3)11-10-7-5-4-6-9/h4,6H,5,7H2,1-3H3/b6-4+,11-10?. The first-order valence-corrected chi connectivity index (χ1v) is 4.62. The fourth-order valence-corrected chi connectivity index (χ4v) is 0.722. The summed E-state index contributed by atoms with van der Waals surface area (Å²) >= 11 is 3.19. The summed E-state index contributed by atoms with van der Waals surface area (Å²) in [4.78, 5) is 1.85. The van der Waals surface area contributed by atoms with Crippen molar-refractivity contribution in [2.45, 2.75) is 32.7 Å². The maximum atomic E-state index is 4.10. The minimum absolute atomic E-state index is 0.0296. The van der Waals surface area contributed by atoms with Crippen LogP contribution in [0, 0.1) is 0 Å². The van der Waals surface area contributed by atoms with E-state index in [1.165, 1.54) is 0 Å². The van der Waals surface area contributed by atoms with Crippen LogP contribution in [0.25, 0.3) is 0 Å². The first-order valence-electron chi connectivity index (χ1n) is 3.70. The molecule has 0 amide bonds. The van der Waals surface area contributed by atoms with Gasteiger partial charge in [-0.05, 0) is 32.2 Å². The van der Waals surface area contributed by atoms with Gasteiger partial charge in [-0.2, -0.15) is 10.2 Å². The Labute approximate surface area is 76.9 Å². The van der Waals surface area contributed by atoms with Gasteiger partial charge in [0.05, 0.1) is 12.1 Å². The molecule has 0 saturated heterocycles. The predicted octanol–water partition coefficient (Wildman–Crippen LogP) is 3.54. The number of hydrogen-bond donors (Lipinski definition) is 0. The molecule has 0 N–H and O–H groups in total. The van der Waals surface area contributed by atoms with Crippen LogP contribution in [0.5, 0.6) is 0 Å². The van der Waals surface area contributed by atoms with Crippen LogP contribution < -0.4 is 0 Å². The molecule has 0 fully saturated rings. The molecule has 0 radical (unpaired) electrons. The van der Waals surface area contributed by atoms with Gasteiger partial charge in [-0.15, -0.1) is 0 Å². The van der Waals surface area contributed by atoms with Crippen molar-refractivity contribution < 1.29 is 0 Å². The Morgan fingerprint density at radius 1 is 1.36 bits per heavy atom. The molecule has 0 saturated carbocycles. The number of nitrogens with zero attached hydrogens (tertiary/aromatic N) is 2. The molecule has 0 aromatic carbocycles. The Balaban J connectivity index is 3.45. The van der Waals surface area contributed by atoms with Crippen molar-refractivity contribution in [2.75, 3.05) is 6.54 Å². The largest absolute Gasteiger partial charge is 0.193 e. The molecular weight excluding hydrogens is 204 g/mol. The van der Waals surface area contributed by atoms with Crippen LogP contribution in [-0.4, -0.2) is 12.1 Å². The molecule has 0 aliphatic heterocycles. The third-order valence-corrected chi connectivity index (χ3v) is 1.23. The summed E-state index contributed by atoms with van der Waals surface area (Å²) in [5, 5.41) is 8.14. The van der Waals surface area contributed by atoms with Crippen molar-refractivity contribution in [3.63, 3.8) is 0 Å². The van der Waals surface area contributed by atoms with E-state index in [1.807, 2.05) is 31.8 Å². The van der Waals surface area contributed by atoms with Gasteiger partial charge in [0.1, 0.15) is 0 Å². The van der Waals surface area contributed by atoms with Crippen LogP contribution in [0.4, 0.5) is 0 Å². The SMILES string of the molecule is CC(C)(C)N=NCC/C=C/Br. The number of azo groups is 1. The van der Waals surface area contributed by atoms with E-state index in [9.17, 15) is 0 Å². The quantitative estimate of drug-likeness (QED) is 0.512. The summed E-state index contributed by atoms with van der Waals surface area (Å²) in [7, 11) is 0. The summed E-state index contributed by atoms with van der Waals surface area (Å²) in [5.74, 6) is 0. The lowest BCUT2D eigenvalue weighted by atomic mass is 10.1. The van der Waals surface area contributed by atoms with Crippen molar-refractivity contribution >= 4 is 15.9 Å². The summed E-state index contributed by atoms with van der Waals surface area (Å²) < 4.78 is 0. The van der Waals surface area contributed by atoms with E-state index in [0.717, 1.165) is 13.0 Å². The van der Waals surface area contributed by atoms with Gasteiger partial charge in [-0.3, -0.25) is 0 Å². The highest BCUT2D eigenvalue weighted by molar-refractivity contribution is 9.11. The third-order valence-electron chi connectivity index (χ3n) is 0.856. The summed E-state index contributed by atoms with van der Waals surface area (Å²) in [6, 6.07) is 0. The van der Waals surface area contributed by atoms with Crippen LogP contribution in [0.15, 0.2) is 21.3 Å². The van der Waals surface area contributed by atoms with Gasteiger partial charge in [-0.1, -0.05) is 22.0 Å². The third kappa shape index (κ3) is 9.82. The number of halogens is 1. The van der Waals surface area contributed by atoms with Crippen molar-refractivity contribution in [3.8, 4) is 0 Å². The Bertz CT molecular complexity index is 145. The Kier molecular flexibility index (Phi) is 5.38. The van der Waals surface area contributed by atoms with Crippen molar-refractivity contribution in [1.29, 1.82) is 0 Å². The lowest BCUT2D eigenvalue weighted by molar-refractivity contribution is 0.538. The summed E-state index contributed by atoms with van der Waals surface area (Å²) in [5.41, 5.74) is -0.0296. The Morgan fingerprint density at radius 3 is 2.45 bits per heavy atom. The zero-order chi connectivity index (χ0) is 8.74. The fourth-order valence-electron chi connectivity index (χ4n) is 0.457. The van der Waals surface area contributed by atoms with Gasteiger partial charge in [0.25, 0.3) is 0 Å². The van der Waals surface area contributed by atoms with Crippen LogP contribution in [-0.2, 0) is 0 Å². The molecule has 0 heterocycles. The van der Waals surface area contributed by atoms with Gasteiger partial charge >= 0.3 is 0 Å². The molecule has 0 aromatic heterocycles. The van der Waals surface area contributed by atoms with E-state index in [4.69, 9.17) is 0 Å². The molecule has 3 heteroatoms. The van der Waals surface area contributed by atoms with Gasteiger partial charge in [0.2, 0.25) is 0 Å². The number of hydrogen-bond acceptors (Lipinski definition) is 2. The van der Waals surface area contributed by atoms with Crippen LogP contribution in [0.1, 0.15) is 27.2 Å². The van der Waals surface area contributed by atoms with E-state index in [0.29, 0.717) is 0 Å². The second-order valence-electron chi connectivity index (χ2n) is 3.29. The van der Waals surface area contributed by atoms with E-state index < -0.39 is 0 Å². The molecule has 11 heavy (non-hydrogen) atoms. The monoisotopic (exact) mass is 218 g/mol. The molecule has 64 valence electrons. The first-order chi connectivity index (χ1) is 5.06. The minimum Gasteiger partial charge on any atom is -0.193 e. The molecule has 0 aliphatic carbocycles. The zero-order valence-corrected chi connectivity index (χ0v) is 8.93. The summed E-state index contributed by atoms with van der Waals surface area (Å²) in [6.07, 6.45) is 2.96. The van der Waals surface area contributed by atoms with Crippen LogP contribution >= 0.6 is 15.9 Å². The lowest BCUT2D eigenvalue weighted by Crippen LogP contribution is -2.07. The predicted molar refractivity (Wildman–Crippen MR) is 52.2 cm³/mol. The van der Waals surface area contributed by atoms with Crippen LogP contribution in [0.3, 0.4) is 0 Å². The fraction of sp³-hybridized carbons (Fsp3) is 0.750. The van der Waals surface area contributed by atoms with E-state index in [-0.39, 0.29) is 5.54 Å². The zero-order valence-electron chi connectivity index (χ0n) is 7.34. The number of rotatable bonds is 3. The molecule has 0 atom stereocenters. The smallest absolute Gasteiger partial charge is 0.0732 e. The van der Waals surface area contributed by atoms with Gasteiger partial charge in [-0.25, -0.2) is 0 Å². The minimum atomic E-state index is -0.0296. The van der Waals surface area contributed by atoms with E-state index in [2.05, 4.69) is 26.2 Å². The van der Waals surface area contributed by atoms with Crippen molar-refractivity contribution in [2.24, 2.45) is 10.2 Å². The molecule has 0 aliphatic rings. The normalized spacial score (nSPS) is 13.5. The Morgan fingerprint density at radius 2 is 2.00 bits per heavy atom. The highest BCUT2D eigenvalue weighted by atomic mass is 79.9. The molecule has 0 aromatic rings. The highest BCUT2D eigenvalue weighted by Crippen LogP contribution is 2.06. The molecule has 0 unspecified atom stereocenters. The Hall–Kier alpha value is -0.180.